The quantitative estimate of drug-likeness (QED) is 0.0211. The number of hydrogen-bond donors (Lipinski definition) is 1. The predicted molar refractivity (Wildman–Crippen MR) is 400 cm³/mol. The molecule has 9 nitrogen and oxygen atoms in total. The molecule has 0 aliphatic heterocycles. The van der Waals surface area contributed by atoms with E-state index in [0.717, 1.165) is 128 Å². The van der Waals surface area contributed by atoms with E-state index < -0.39 is 24.3 Å². The van der Waals surface area contributed by atoms with E-state index in [1.807, 2.05) is 21.1 Å². The van der Waals surface area contributed by atoms with Gasteiger partial charge in [0.2, 0.25) is 0 Å². The van der Waals surface area contributed by atoms with Crippen LogP contribution in [0.2, 0.25) is 0 Å². The average Bonchev–Trinajstić information content (AvgIpc) is 3.38. The lowest BCUT2D eigenvalue weighted by atomic mass is 10.0. The number of unbranched alkanes of at least 4 members (excludes halogenated alkanes) is 27. The second-order valence-electron chi connectivity index (χ2n) is 25.8. The number of rotatable bonds is 68. The highest BCUT2D eigenvalue weighted by Gasteiger charge is 2.25. The highest BCUT2D eigenvalue weighted by molar-refractivity contribution is 5.71. The molecule has 0 spiro atoms. The molecule has 0 aromatic rings. The molecule has 1 N–H and O–H groups in total. The number of ether oxygens (including phenoxy) is 4. The van der Waals surface area contributed by atoms with Gasteiger partial charge in [0.25, 0.3) is 6.29 Å². The molecule has 0 saturated carbocycles. The van der Waals surface area contributed by atoms with Gasteiger partial charge in [-0.3, -0.25) is 9.59 Å². The molecule has 0 fully saturated rings. The Hall–Kier alpha value is -5.09. The molecule has 0 aromatic heterocycles. The van der Waals surface area contributed by atoms with E-state index in [2.05, 4.69) is 172 Å². The molecule has 0 heterocycles. The van der Waals surface area contributed by atoms with E-state index >= 15 is 0 Å². The summed E-state index contributed by atoms with van der Waals surface area (Å²) in [6, 6.07) is 0. The minimum atomic E-state index is -1.52. The van der Waals surface area contributed by atoms with Gasteiger partial charge in [-0.15, -0.1) is 0 Å². The maximum Gasteiger partial charge on any atom is 0.361 e. The van der Waals surface area contributed by atoms with Crippen LogP contribution in [0.1, 0.15) is 296 Å². The summed E-state index contributed by atoms with van der Waals surface area (Å²) in [5.41, 5.74) is 0. The van der Waals surface area contributed by atoms with Gasteiger partial charge in [-0.1, -0.05) is 320 Å². The van der Waals surface area contributed by atoms with Gasteiger partial charge in [-0.25, -0.2) is 4.79 Å². The van der Waals surface area contributed by atoms with Crippen molar-refractivity contribution in [2.75, 3.05) is 47.5 Å². The van der Waals surface area contributed by atoms with Gasteiger partial charge in [0.1, 0.15) is 13.2 Å². The van der Waals surface area contributed by atoms with Gasteiger partial charge in [-0.05, 0) is 122 Å². The Morgan fingerprint density at radius 1 is 0.323 bits per heavy atom. The maximum atomic E-state index is 13.0. The molecule has 0 radical (unpaired) electrons. The lowest BCUT2D eigenvalue weighted by Gasteiger charge is -2.25. The number of hydrogen-bond acceptors (Lipinski definition) is 7. The first-order chi connectivity index (χ1) is 45.6. The van der Waals surface area contributed by atoms with E-state index in [-0.39, 0.29) is 32.2 Å². The Kier molecular flexibility index (Phi) is 68.8. The SMILES string of the molecule is CC/C=C\C/C=C\C/C=C\C/C=C\C/C=C\C/C=C\C/C=C\CCCCCCCCCCCC(=O)OC(COC(=O)CCCCCCCCCCCCCCCCCCCC/C=C\C/C=C\C/C=C\C/C=C\C/C=C\C/C=C\CC)COC(OCC[N+](C)(C)C)C(=O)O. The van der Waals surface area contributed by atoms with Gasteiger partial charge in [0.15, 0.2) is 6.10 Å². The summed E-state index contributed by atoms with van der Waals surface area (Å²) in [7, 11) is 5.97. The van der Waals surface area contributed by atoms with E-state index in [0.29, 0.717) is 23.9 Å². The lowest BCUT2D eigenvalue weighted by molar-refractivity contribution is -0.870. The monoisotopic (exact) mass is 1290 g/mol. The van der Waals surface area contributed by atoms with Crippen LogP contribution in [0.15, 0.2) is 158 Å². The molecule has 93 heavy (non-hydrogen) atoms. The van der Waals surface area contributed by atoms with Gasteiger partial charge < -0.3 is 28.5 Å². The summed E-state index contributed by atoms with van der Waals surface area (Å²) in [5, 5.41) is 9.76. The number of aliphatic carboxylic acids is 1. The highest BCUT2D eigenvalue weighted by atomic mass is 16.7. The van der Waals surface area contributed by atoms with Crippen LogP contribution < -0.4 is 0 Å². The van der Waals surface area contributed by atoms with Crippen LogP contribution in [0.25, 0.3) is 0 Å². The van der Waals surface area contributed by atoms with Crippen molar-refractivity contribution in [3.63, 3.8) is 0 Å². The first-order valence-corrected chi connectivity index (χ1v) is 37.6. The van der Waals surface area contributed by atoms with Crippen molar-refractivity contribution in [2.45, 2.75) is 309 Å². The fourth-order valence-corrected chi connectivity index (χ4v) is 10.1. The zero-order chi connectivity index (χ0) is 67.5. The number of nitrogens with zero attached hydrogens (tertiary/aromatic N) is 1. The average molecular weight is 1290 g/mol. The van der Waals surface area contributed by atoms with Gasteiger partial charge >= 0.3 is 17.9 Å². The van der Waals surface area contributed by atoms with Crippen LogP contribution in [-0.2, 0) is 33.3 Å². The summed E-state index contributed by atoms with van der Waals surface area (Å²) in [6.07, 6.45) is 105. The van der Waals surface area contributed by atoms with E-state index in [9.17, 15) is 19.5 Å². The number of carboxylic acid groups (broad SMARTS) is 1. The van der Waals surface area contributed by atoms with Crippen LogP contribution in [0.3, 0.4) is 0 Å². The Bertz CT molecular complexity index is 2090. The van der Waals surface area contributed by atoms with Crippen molar-refractivity contribution >= 4 is 17.9 Å². The van der Waals surface area contributed by atoms with Crippen molar-refractivity contribution in [2.24, 2.45) is 0 Å². The molecule has 528 valence electrons. The van der Waals surface area contributed by atoms with Crippen LogP contribution in [0.4, 0.5) is 0 Å². The van der Waals surface area contributed by atoms with E-state index in [1.54, 1.807) is 0 Å². The first kappa shape index (κ1) is 87.9. The zero-order valence-electron chi connectivity index (χ0n) is 60.4. The molecule has 0 aliphatic carbocycles. The van der Waals surface area contributed by atoms with Gasteiger partial charge in [0.05, 0.1) is 34.4 Å². The van der Waals surface area contributed by atoms with Crippen molar-refractivity contribution in [3.8, 4) is 0 Å². The number of carbonyl (C=O) groups is 3. The third-order valence-corrected chi connectivity index (χ3v) is 15.8. The molecule has 0 bridgehead atoms. The number of allylic oxidation sites excluding steroid dienone is 26. The van der Waals surface area contributed by atoms with Crippen molar-refractivity contribution in [1.82, 2.24) is 0 Å². The minimum absolute atomic E-state index is 0.180. The van der Waals surface area contributed by atoms with Crippen molar-refractivity contribution in [3.05, 3.63) is 158 Å². The smallest absolute Gasteiger partial charge is 0.361 e. The number of carbonyl (C=O) groups excluding carboxylic acids is 2. The third kappa shape index (κ3) is 74.2. The molecular weight excluding hydrogens is 1150 g/mol. The number of carboxylic acids is 1. The fraction of sp³-hybridized carbons (Fsp3) is 0.655. The second-order valence-corrected chi connectivity index (χ2v) is 25.8. The molecule has 2 unspecified atom stereocenters. The van der Waals surface area contributed by atoms with Gasteiger partial charge in [0, 0.05) is 12.8 Å². The number of likely N-dealkylation sites (N-methyl/N-ethyl adjacent to an activating group) is 1. The van der Waals surface area contributed by atoms with Gasteiger partial charge in [-0.2, -0.15) is 0 Å². The second kappa shape index (κ2) is 72.7. The number of quaternary nitrogens is 1. The predicted octanol–water partition coefficient (Wildman–Crippen LogP) is 24.0. The Balaban J connectivity index is 4.10. The lowest BCUT2D eigenvalue weighted by Crippen LogP contribution is -2.40. The topological polar surface area (TPSA) is 108 Å². The van der Waals surface area contributed by atoms with E-state index in [4.69, 9.17) is 18.9 Å². The highest BCUT2D eigenvalue weighted by Crippen LogP contribution is 2.17. The molecule has 0 amide bonds. The van der Waals surface area contributed by atoms with Crippen LogP contribution in [-0.4, -0.2) is 87.4 Å². The van der Waals surface area contributed by atoms with Crippen LogP contribution >= 0.6 is 0 Å². The summed E-state index contributed by atoms with van der Waals surface area (Å²) < 4.78 is 23.0. The summed E-state index contributed by atoms with van der Waals surface area (Å²) in [6.45, 7) is 4.65. The Morgan fingerprint density at radius 3 is 0.860 bits per heavy atom. The number of esters is 2. The maximum absolute atomic E-state index is 13.0. The molecular formula is C84H140NO8+. The van der Waals surface area contributed by atoms with Crippen LogP contribution in [0, 0.1) is 0 Å². The molecule has 0 aromatic carbocycles. The fourth-order valence-electron chi connectivity index (χ4n) is 10.1. The zero-order valence-corrected chi connectivity index (χ0v) is 60.4. The molecule has 0 rings (SSSR count). The normalized spacial score (nSPS) is 13.6. The molecule has 9 heteroatoms. The van der Waals surface area contributed by atoms with Crippen molar-refractivity contribution < 1.29 is 42.9 Å². The summed E-state index contributed by atoms with van der Waals surface area (Å²) in [5.74, 6) is -2.01. The third-order valence-electron chi connectivity index (χ3n) is 15.8. The minimum Gasteiger partial charge on any atom is -0.477 e. The first-order valence-electron chi connectivity index (χ1n) is 37.6. The Morgan fingerprint density at radius 2 is 0.581 bits per heavy atom. The summed E-state index contributed by atoms with van der Waals surface area (Å²) in [4.78, 5) is 37.7. The standard InChI is InChI=1S/C84H139NO8/c1-6-8-10-12-14-16-18-20-22-24-26-28-30-32-34-36-38-39-40-41-42-43-45-46-48-50-52-54-56-58-60-62-64-66-68-70-72-74-81(86)91-78-80(79-92-84(83(88)89)90-77-76-85(3,4)5)93-82(87)75-73-71-69-67-65-63-61-59-57-55-53-51-49-47-44-37-35-33-31-29-27-25-23-21-19-17-15-13-11-9-7-2/h8-11,14-17,20-23,26-29,32-35,38-39,44,47,51,53,80,84H,6-7,12-13,18-19,24-25,30-31,36-37,40-43,45-46,48-50,52,54-79H2,1-5H3/p+1/b10-8-,11-9-,16-14-,17-15-,22-20-,23-21-,28-26-,29-27-,34-32-,35-33-,39-38-,47-44-,53-51-. The van der Waals surface area contributed by atoms with E-state index in [1.165, 1.54) is 135 Å². The molecule has 2 atom stereocenters. The van der Waals surface area contributed by atoms with Crippen LogP contribution in [0.5, 0.6) is 0 Å². The molecule has 0 saturated heterocycles. The Labute approximate surface area is 572 Å². The largest absolute Gasteiger partial charge is 0.477 e. The summed E-state index contributed by atoms with van der Waals surface area (Å²) >= 11 is 0. The van der Waals surface area contributed by atoms with Crippen molar-refractivity contribution in [1.29, 1.82) is 0 Å². The molecule has 0 aliphatic rings.